The maximum Gasteiger partial charge on any atom is 0.238 e. The predicted molar refractivity (Wildman–Crippen MR) is 84.6 cm³/mol. The van der Waals surface area contributed by atoms with E-state index < -0.39 is 10.0 Å². The zero-order valence-electron chi connectivity index (χ0n) is 11.7. The van der Waals surface area contributed by atoms with Crippen molar-refractivity contribution in [2.24, 2.45) is 0 Å². The van der Waals surface area contributed by atoms with Crippen LogP contribution in [-0.2, 0) is 22.3 Å². The minimum absolute atomic E-state index is 0.0752. The standard InChI is InChI=1S/C13H18N4O2S2/c1-2-6-14-8-11-4-3-5-12(7-11)9-21(18,19)17-13-16-15-10-20-13/h3-5,7,10,14H,2,6,8-9H2,1H3,(H,16,17). The van der Waals surface area contributed by atoms with Gasteiger partial charge in [0.25, 0.3) is 0 Å². The first kappa shape index (κ1) is 15.9. The number of aromatic nitrogens is 2. The monoisotopic (exact) mass is 326 g/mol. The number of nitrogens with zero attached hydrogens (tertiary/aromatic N) is 2. The van der Waals surface area contributed by atoms with Crippen molar-refractivity contribution < 1.29 is 8.42 Å². The van der Waals surface area contributed by atoms with Crippen molar-refractivity contribution >= 4 is 26.5 Å². The minimum atomic E-state index is -3.46. The van der Waals surface area contributed by atoms with Gasteiger partial charge in [0, 0.05) is 6.54 Å². The molecule has 1 aromatic heterocycles. The van der Waals surface area contributed by atoms with Crippen LogP contribution in [-0.4, -0.2) is 25.2 Å². The molecular weight excluding hydrogens is 308 g/mol. The Balaban J connectivity index is 2.00. The summed E-state index contributed by atoms with van der Waals surface area (Å²) in [6.07, 6.45) is 1.07. The maximum atomic E-state index is 12.1. The van der Waals surface area contributed by atoms with Gasteiger partial charge < -0.3 is 5.32 Å². The molecule has 0 saturated heterocycles. The zero-order valence-corrected chi connectivity index (χ0v) is 13.4. The molecule has 0 aliphatic rings. The molecule has 0 unspecified atom stereocenters. The molecule has 0 spiro atoms. The second-order valence-electron chi connectivity index (χ2n) is 4.60. The van der Waals surface area contributed by atoms with Crippen LogP contribution in [0, 0.1) is 0 Å². The first-order valence-corrected chi connectivity index (χ1v) is 9.17. The molecule has 0 saturated carbocycles. The lowest BCUT2D eigenvalue weighted by atomic mass is 10.1. The molecule has 2 rings (SSSR count). The quantitative estimate of drug-likeness (QED) is 0.725. The number of anilines is 1. The van der Waals surface area contributed by atoms with Crippen LogP contribution in [0.2, 0.25) is 0 Å². The van der Waals surface area contributed by atoms with Gasteiger partial charge in [-0.15, -0.1) is 10.2 Å². The Morgan fingerprint density at radius 2 is 2.10 bits per heavy atom. The molecule has 114 valence electrons. The predicted octanol–water partition coefficient (Wildman–Crippen LogP) is 1.98. The van der Waals surface area contributed by atoms with Gasteiger partial charge in [-0.05, 0) is 24.1 Å². The van der Waals surface area contributed by atoms with E-state index in [1.54, 1.807) is 0 Å². The second-order valence-corrected chi connectivity index (χ2v) is 7.16. The van der Waals surface area contributed by atoms with Gasteiger partial charge in [0.2, 0.25) is 15.2 Å². The largest absolute Gasteiger partial charge is 0.313 e. The van der Waals surface area contributed by atoms with Crippen molar-refractivity contribution in [3.05, 3.63) is 40.9 Å². The molecule has 0 bridgehead atoms. The van der Waals surface area contributed by atoms with Crippen molar-refractivity contribution in [1.29, 1.82) is 0 Å². The van der Waals surface area contributed by atoms with Crippen LogP contribution in [0.1, 0.15) is 24.5 Å². The molecular formula is C13H18N4O2S2. The number of rotatable bonds is 8. The van der Waals surface area contributed by atoms with Crippen LogP contribution < -0.4 is 10.0 Å². The van der Waals surface area contributed by atoms with E-state index in [1.807, 2.05) is 24.3 Å². The minimum Gasteiger partial charge on any atom is -0.313 e. The van der Waals surface area contributed by atoms with E-state index in [-0.39, 0.29) is 10.9 Å². The van der Waals surface area contributed by atoms with Crippen molar-refractivity contribution in [3.8, 4) is 0 Å². The first-order valence-electron chi connectivity index (χ1n) is 6.64. The number of hydrogen-bond acceptors (Lipinski definition) is 6. The van der Waals surface area contributed by atoms with Crippen molar-refractivity contribution in [3.63, 3.8) is 0 Å². The van der Waals surface area contributed by atoms with E-state index in [1.165, 1.54) is 5.51 Å². The Morgan fingerprint density at radius 3 is 2.81 bits per heavy atom. The van der Waals surface area contributed by atoms with E-state index >= 15 is 0 Å². The highest BCUT2D eigenvalue weighted by atomic mass is 32.2. The molecule has 0 radical (unpaired) electrons. The summed E-state index contributed by atoms with van der Waals surface area (Å²) in [5, 5.41) is 10.9. The van der Waals surface area contributed by atoms with Crippen LogP contribution in [0.4, 0.5) is 5.13 Å². The summed E-state index contributed by atoms with van der Waals surface area (Å²) in [6, 6.07) is 7.57. The highest BCUT2D eigenvalue weighted by Gasteiger charge is 2.13. The normalized spacial score (nSPS) is 11.5. The Labute approximate surface area is 128 Å². The lowest BCUT2D eigenvalue weighted by Crippen LogP contribution is -2.16. The van der Waals surface area contributed by atoms with E-state index in [0.29, 0.717) is 0 Å². The zero-order chi connectivity index (χ0) is 15.1. The molecule has 21 heavy (non-hydrogen) atoms. The fourth-order valence-corrected chi connectivity index (χ4v) is 3.70. The van der Waals surface area contributed by atoms with E-state index in [2.05, 4.69) is 27.2 Å². The van der Waals surface area contributed by atoms with Gasteiger partial charge in [-0.25, -0.2) is 8.42 Å². The summed E-state index contributed by atoms with van der Waals surface area (Å²) in [4.78, 5) is 0. The number of hydrogen-bond donors (Lipinski definition) is 2. The van der Waals surface area contributed by atoms with Crippen LogP contribution >= 0.6 is 11.3 Å². The fourth-order valence-electron chi connectivity index (χ4n) is 1.84. The molecule has 1 aromatic carbocycles. The van der Waals surface area contributed by atoms with E-state index in [4.69, 9.17) is 0 Å². The van der Waals surface area contributed by atoms with Gasteiger partial charge in [-0.1, -0.05) is 42.5 Å². The van der Waals surface area contributed by atoms with E-state index in [9.17, 15) is 8.42 Å². The summed E-state index contributed by atoms with van der Waals surface area (Å²) < 4.78 is 26.5. The van der Waals surface area contributed by atoms with Crippen LogP contribution in [0.15, 0.2) is 29.8 Å². The molecule has 8 heteroatoms. The number of nitrogens with one attached hydrogen (secondary N) is 2. The fraction of sp³-hybridized carbons (Fsp3) is 0.385. The Morgan fingerprint density at radius 1 is 1.29 bits per heavy atom. The van der Waals surface area contributed by atoms with Gasteiger partial charge in [0.1, 0.15) is 5.51 Å². The smallest absolute Gasteiger partial charge is 0.238 e. The summed E-state index contributed by atoms with van der Waals surface area (Å²) in [5.74, 6) is -0.0752. The molecule has 0 amide bonds. The van der Waals surface area contributed by atoms with Gasteiger partial charge >= 0.3 is 0 Å². The molecule has 1 heterocycles. The lowest BCUT2D eigenvalue weighted by molar-refractivity contribution is 0.600. The van der Waals surface area contributed by atoms with Crippen LogP contribution in [0.3, 0.4) is 0 Å². The van der Waals surface area contributed by atoms with Gasteiger partial charge in [-0.3, -0.25) is 4.72 Å². The third kappa shape index (κ3) is 5.41. The average molecular weight is 326 g/mol. The summed E-state index contributed by atoms with van der Waals surface area (Å²) in [5.41, 5.74) is 3.31. The molecule has 0 aliphatic heterocycles. The first-order chi connectivity index (χ1) is 10.1. The average Bonchev–Trinajstić information content (AvgIpc) is 2.91. The lowest BCUT2D eigenvalue weighted by Gasteiger charge is -2.08. The molecule has 2 N–H and O–H groups in total. The Bertz CT molecular complexity index is 657. The van der Waals surface area contributed by atoms with Crippen molar-refractivity contribution in [2.75, 3.05) is 11.3 Å². The molecule has 2 aromatic rings. The van der Waals surface area contributed by atoms with Crippen molar-refractivity contribution in [2.45, 2.75) is 25.6 Å². The summed E-state index contributed by atoms with van der Waals surface area (Å²) in [6.45, 7) is 3.79. The van der Waals surface area contributed by atoms with E-state index in [0.717, 1.165) is 42.0 Å². The number of sulfonamides is 1. The third-order valence-corrected chi connectivity index (χ3v) is 4.66. The second kappa shape index (κ2) is 7.48. The van der Waals surface area contributed by atoms with Gasteiger partial charge in [-0.2, -0.15) is 0 Å². The topological polar surface area (TPSA) is 84.0 Å². The van der Waals surface area contributed by atoms with Gasteiger partial charge in [0.15, 0.2) is 0 Å². The van der Waals surface area contributed by atoms with Crippen molar-refractivity contribution in [1.82, 2.24) is 15.5 Å². The molecule has 0 fully saturated rings. The molecule has 0 aliphatic carbocycles. The Hall–Kier alpha value is -1.51. The third-order valence-electron chi connectivity index (χ3n) is 2.71. The summed E-state index contributed by atoms with van der Waals surface area (Å²) in [7, 11) is -3.46. The highest BCUT2D eigenvalue weighted by Crippen LogP contribution is 2.14. The highest BCUT2D eigenvalue weighted by molar-refractivity contribution is 7.92. The van der Waals surface area contributed by atoms with Gasteiger partial charge in [0.05, 0.1) is 5.75 Å². The molecule has 6 nitrogen and oxygen atoms in total. The van der Waals surface area contributed by atoms with Crippen LogP contribution in [0.5, 0.6) is 0 Å². The SMILES string of the molecule is CCCNCc1cccc(CS(=O)(=O)Nc2nncs2)c1. The maximum absolute atomic E-state index is 12.1. The Kier molecular flexibility index (Phi) is 5.66. The number of benzene rings is 1. The molecule has 0 atom stereocenters. The van der Waals surface area contributed by atoms with Crippen LogP contribution in [0.25, 0.3) is 0 Å². The summed E-state index contributed by atoms with van der Waals surface area (Å²) >= 11 is 1.15.